The van der Waals surface area contributed by atoms with Crippen molar-refractivity contribution in [2.24, 2.45) is 11.7 Å². The van der Waals surface area contributed by atoms with Crippen LogP contribution in [0.15, 0.2) is 12.4 Å². The van der Waals surface area contributed by atoms with E-state index in [9.17, 15) is 0 Å². The van der Waals surface area contributed by atoms with Gasteiger partial charge in [-0.3, -0.25) is 4.68 Å². The first-order valence-electron chi connectivity index (χ1n) is 4.57. The zero-order valence-electron chi connectivity index (χ0n) is 8.23. The summed E-state index contributed by atoms with van der Waals surface area (Å²) in [7, 11) is 0. The van der Waals surface area contributed by atoms with Gasteiger partial charge in [-0.1, -0.05) is 13.8 Å². The summed E-state index contributed by atoms with van der Waals surface area (Å²) in [6.45, 7) is 6.30. The van der Waals surface area contributed by atoms with Crippen molar-refractivity contribution in [3.63, 3.8) is 0 Å². The second-order valence-electron chi connectivity index (χ2n) is 3.43. The minimum Gasteiger partial charge on any atom is -0.490 e. The van der Waals surface area contributed by atoms with Gasteiger partial charge in [0.05, 0.1) is 25.5 Å². The molecule has 0 fully saturated rings. The molecule has 0 radical (unpaired) electrons. The fourth-order valence-corrected chi connectivity index (χ4v) is 0.937. The second kappa shape index (κ2) is 4.87. The van der Waals surface area contributed by atoms with Crippen molar-refractivity contribution in [2.45, 2.75) is 20.4 Å². The van der Waals surface area contributed by atoms with Gasteiger partial charge in [-0.25, -0.2) is 0 Å². The van der Waals surface area contributed by atoms with E-state index >= 15 is 0 Å². The van der Waals surface area contributed by atoms with Crippen LogP contribution in [-0.2, 0) is 6.54 Å². The van der Waals surface area contributed by atoms with Crippen LogP contribution in [0.25, 0.3) is 0 Å². The van der Waals surface area contributed by atoms with Crippen LogP contribution in [0.5, 0.6) is 5.75 Å². The maximum atomic E-state index is 5.47. The van der Waals surface area contributed by atoms with Gasteiger partial charge in [-0.15, -0.1) is 0 Å². The van der Waals surface area contributed by atoms with Crippen molar-refractivity contribution < 1.29 is 4.74 Å². The molecule has 0 atom stereocenters. The number of rotatable bonds is 5. The zero-order valence-corrected chi connectivity index (χ0v) is 8.23. The topological polar surface area (TPSA) is 53.1 Å². The van der Waals surface area contributed by atoms with Crippen molar-refractivity contribution in [3.05, 3.63) is 12.4 Å². The molecule has 1 aromatic rings. The van der Waals surface area contributed by atoms with Crippen LogP contribution in [0.2, 0.25) is 0 Å². The van der Waals surface area contributed by atoms with Crippen LogP contribution in [0, 0.1) is 5.92 Å². The Morgan fingerprint density at radius 2 is 2.38 bits per heavy atom. The highest BCUT2D eigenvalue weighted by molar-refractivity contribution is 5.11. The molecule has 0 aromatic carbocycles. The summed E-state index contributed by atoms with van der Waals surface area (Å²) in [4.78, 5) is 0. The summed E-state index contributed by atoms with van der Waals surface area (Å²) < 4.78 is 7.26. The molecular formula is C9H17N3O. The fraction of sp³-hybridized carbons (Fsp3) is 0.667. The lowest BCUT2D eigenvalue weighted by atomic mass is 10.2. The normalized spacial score (nSPS) is 10.8. The van der Waals surface area contributed by atoms with Gasteiger partial charge in [-0.2, -0.15) is 5.10 Å². The van der Waals surface area contributed by atoms with Gasteiger partial charge in [-0.05, 0) is 5.92 Å². The number of nitrogens with zero attached hydrogens (tertiary/aromatic N) is 2. The highest BCUT2D eigenvalue weighted by Gasteiger charge is 1.99. The maximum absolute atomic E-state index is 5.47. The van der Waals surface area contributed by atoms with Crippen molar-refractivity contribution in [3.8, 4) is 5.75 Å². The number of nitrogens with two attached hydrogens (primary N) is 1. The molecule has 74 valence electrons. The molecule has 0 unspecified atom stereocenters. The van der Waals surface area contributed by atoms with E-state index in [2.05, 4.69) is 18.9 Å². The molecule has 0 saturated heterocycles. The van der Waals surface area contributed by atoms with E-state index < -0.39 is 0 Å². The lowest BCUT2D eigenvalue weighted by Gasteiger charge is -2.04. The fourth-order valence-electron chi connectivity index (χ4n) is 0.937. The monoisotopic (exact) mass is 183 g/mol. The zero-order chi connectivity index (χ0) is 9.68. The highest BCUT2D eigenvalue weighted by Crippen LogP contribution is 2.09. The number of hydrogen-bond acceptors (Lipinski definition) is 3. The SMILES string of the molecule is CC(C)COc1cnn(CCN)c1. The molecule has 1 rings (SSSR count). The van der Waals surface area contributed by atoms with Gasteiger partial charge in [0.1, 0.15) is 0 Å². The van der Waals surface area contributed by atoms with Crippen molar-refractivity contribution in [1.82, 2.24) is 9.78 Å². The molecule has 2 N–H and O–H groups in total. The third-order valence-electron chi connectivity index (χ3n) is 1.55. The summed E-state index contributed by atoms with van der Waals surface area (Å²) in [5.41, 5.74) is 5.39. The average Bonchev–Trinajstić information content (AvgIpc) is 2.50. The molecule has 1 heterocycles. The summed E-state index contributed by atoms with van der Waals surface area (Å²) in [5.74, 6) is 1.36. The Morgan fingerprint density at radius 3 is 3.00 bits per heavy atom. The minimum atomic E-state index is 0.540. The molecule has 0 amide bonds. The molecule has 0 spiro atoms. The van der Waals surface area contributed by atoms with Crippen molar-refractivity contribution >= 4 is 0 Å². The van der Waals surface area contributed by atoms with Gasteiger partial charge in [0, 0.05) is 6.54 Å². The Morgan fingerprint density at radius 1 is 1.62 bits per heavy atom. The number of aromatic nitrogens is 2. The first kappa shape index (κ1) is 10.1. The standard InChI is InChI=1S/C9H17N3O/c1-8(2)7-13-9-5-11-12(6-9)4-3-10/h5-6,8H,3-4,7,10H2,1-2H3. The first-order valence-corrected chi connectivity index (χ1v) is 4.57. The van der Waals surface area contributed by atoms with Crippen LogP contribution in [0.1, 0.15) is 13.8 Å². The molecule has 0 aliphatic carbocycles. The molecule has 0 aliphatic heterocycles. The maximum Gasteiger partial charge on any atom is 0.157 e. The average molecular weight is 183 g/mol. The first-order chi connectivity index (χ1) is 6.22. The van der Waals surface area contributed by atoms with E-state index in [1.54, 1.807) is 10.9 Å². The van der Waals surface area contributed by atoms with Crippen LogP contribution >= 0.6 is 0 Å². The van der Waals surface area contributed by atoms with E-state index in [4.69, 9.17) is 10.5 Å². The highest BCUT2D eigenvalue weighted by atomic mass is 16.5. The molecule has 4 heteroatoms. The summed E-state index contributed by atoms with van der Waals surface area (Å²) >= 11 is 0. The molecule has 1 aromatic heterocycles. The van der Waals surface area contributed by atoms with E-state index in [-0.39, 0.29) is 0 Å². The third-order valence-corrected chi connectivity index (χ3v) is 1.55. The molecule has 0 bridgehead atoms. The Hall–Kier alpha value is -1.03. The van der Waals surface area contributed by atoms with Gasteiger partial charge in [0.25, 0.3) is 0 Å². The van der Waals surface area contributed by atoms with Crippen molar-refractivity contribution in [1.29, 1.82) is 0 Å². The smallest absolute Gasteiger partial charge is 0.157 e. The Balaban J connectivity index is 2.39. The van der Waals surface area contributed by atoms with Crippen LogP contribution in [-0.4, -0.2) is 22.9 Å². The van der Waals surface area contributed by atoms with E-state index in [1.165, 1.54) is 0 Å². The Labute approximate surface area is 78.7 Å². The van der Waals surface area contributed by atoms with E-state index in [0.717, 1.165) is 18.9 Å². The predicted molar refractivity (Wildman–Crippen MR) is 51.6 cm³/mol. The largest absolute Gasteiger partial charge is 0.490 e. The van der Waals surface area contributed by atoms with Gasteiger partial charge < -0.3 is 10.5 Å². The molecule has 0 aliphatic rings. The Bertz CT molecular complexity index is 245. The minimum absolute atomic E-state index is 0.540. The second-order valence-corrected chi connectivity index (χ2v) is 3.43. The molecule has 13 heavy (non-hydrogen) atoms. The van der Waals surface area contributed by atoms with Gasteiger partial charge in [0.15, 0.2) is 5.75 Å². The van der Waals surface area contributed by atoms with Crippen LogP contribution < -0.4 is 10.5 Å². The number of hydrogen-bond donors (Lipinski definition) is 1. The Kier molecular flexibility index (Phi) is 3.76. The van der Waals surface area contributed by atoms with Gasteiger partial charge in [0.2, 0.25) is 0 Å². The summed E-state index contributed by atoms with van der Waals surface area (Å²) in [6, 6.07) is 0. The number of ether oxygens (including phenoxy) is 1. The summed E-state index contributed by atoms with van der Waals surface area (Å²) in [6.07, 6.45) is 3.59. The quantitative estimate of drug-likeness (QED) is 0.737. The van der Waals surface area contributed by atoms with Crippen LogP contribution in [0.4, 0.5) is 0 Å². The van der Waals surface area contributed by atoms with Crippen molar-refractivity contribution in [2.75, 3.05) is 13.2 Å². The lowest BCUT2D eigenvalue weighted by molar-refractivity contribution is 0.270. The molecule has 0 saturated carbocycles. The third kappa shape index (κ3) is 3.46. The van der Waals surface area contributed by atoms with Crippen LogP contribution in [0.3, 0.4) is 0 Å². The lowest BCUT2D eigenvalue weighted by Crippen LogP contribution is -2.09. The van der Waals surface area contributed by atoms with E-state index in [0.29, 0.717) is 12.5 Å². The predicted octanol–water partition coefficient (Wildman–Crippen LogP) is 0.877. The van der Waals surface area contributed by atoms with E-state index in [1.807, 2.05) is 6.20 Å². The molecule has 4 nitrogen and oxygen atoms in total. The van der Waals surface area contributed by atoms with Gasteiger partial charge >= 0.3 is 0 Å². The summed E-state index contributed by atoms with van der Waals surface area (Å²) in [5, 5.41) is 4.10. The molecular weight excluding hydrogens is 166 g/mol.